The largest absolute Gasteiger partial charge is 0.508 e. The molecule has 5 rings (SSSR count). The molecule has 1 aliphatic carbocycles. The van der Waals surface area contributed by atoms with Crippen LogP contribution in [0.4, 0.5) is 11.4 Å². The van der Waals surface area contributed by atoms with E-state index in [1.807, 2.05) is 18.2 Å². The molecule has 0 spiro atoms. The molecule has 3 unspecified atom stereocenters. The molecule has 164 valence electrons. The van der Waals surface area contributed by atoms with Crippen LogP contribution in [0.2, 0.25) is 0 Å². The van der Waals surface area contributed by atoms with Crippen LogP contribution in [0.1, 0.15) is 29.5 Å². The summed E-state index contributed by atoms with van der Waals surface area (Å²) in [6, 6.07) is 18.7. The van der Waals surface area contributed by atoms with Crippen molar-refractivity contribution in [2.75, 3.05) is 16.7 Å². The molecule has 0 fully saturated rings. The lowest BCUT2D eigenvalue weighted by molar-refractivity contribution is 0.398. The third-order valence-corrected chi connectivity index (χ3v) is 8.24. The van der Waals surface area contributed by atoms with Gasteiger partial charge in [-0.2, -0.15) is 0 Å². The maximum atomic E-state index is 13.3. The van der Waals surface area contributed by atoms with Gasteiger partial charge in [0, 0.05) is 30.3 Å². The number of anilines is 2. The fourth-order valence-electron chi connectivity index (χ4n) is 4.77. The lowest BCUT2D eigenvalue weighted by Gasteiger charge is -2.38. The molecule has 7 heteroatoms. The number of para-hydroxylation sites is 1. The van der Waals surface area contributed by atoms with Crippen LogP contribution in [0.5, 0.6) is 11.5 Å². The molecular weight excluding hydrogens is 424 g/mol. The lowest BCUT2D eigenvalue weighted by Crippen LogP contribution is -2.30. The molecular formula is C25H24N2O4S. The summed E-state index contributed by atoms with van der Waals surface area (Å²) in [5, 5.41) is 23.6. The normalized spacial score (nSPS) is 21.5. The third-order valence-electron chi connectivity index (χ3n) is 6.46. The van der Waals surface area contributed by atoms with Crippen molar-refractivity contribution in [3.8, 4) is 11.5 Å². The molecule has 1 heterocycles. The summed E-state index contributed by atoms with van der Waals surface area (Å²) in [5.41, 5.74) is 3.09. The number of hydrogen-bond donors (Lipinski definition) is 3. The van der Waals surface area contributed by atoms with Gasteiger partial charge >= 0.3 is 0 Å². The molecule has 6 nitrogen and oxygen atoms in total. The summed E-state index contributed by atoms with van der Waals surface area (Å²) >= 11 is 0. The van der Waals surface area contributed by atoms with E-state index in [0.717, 1.165) is 17.7 Å². The zero-order valence-electron chi connectivity index (χ0n) is 17.5. The van der Waals surface area contributed by atoms with Gasteiger partial charge in [0.15, 0.2) is 0 Å². The van der Waals surface area contributed by atoms with Crippen LogP contribution in [-0.2, 0) is 10.0 Å². The smallest absolute Gasteiger partial charge is 0.264 e. The molecule has 0 aromatic heterocycles. The average molecular weight is 449 g/mol. The maximum Gasteiger partial charge on any atom is 0.264 e. The second-order valence-corrected chi connectivity index (χ2v) is 10.2. The van der Waals surface area contributed by atoms with Crippen molar-refractivity contribution in [2.24, 2.45) is 5.92 Å². The number of nitrogens with one attached hydrogen (secondary N) is 1. The van der Waals surface area contributed by atoms with Gasteiger partial charge in [0.2, 0.25) is 0 Å². The number of phenols is 2. The minimum absolute atomic E-state index is 0.0148. The zero-order chi connectivity index (χ0) is 22.5. The Kier molecular flexibility index (Phi) is 4.86. The van der Waals surface area contributed by atoms with Crippen molar-refractivity contribution in [3.63, 3.8) is 0 Å². The Balaban J connectivity index is 1.53. The first-order valence-corrected chi connectivity index (χ1v) is 11.9. The summed E-state index contributed by atoms with van der Waals surface area (Å²) in [4.78, 5) is 0.245. The molecule has 3 aromatic rings. The third kappa shape index (κ3) is 3.29. The van der Waals surface area contributed by atoms with Gasteiger partial charge in [0.25, 0.3) is 10.0 Å². The predicted octanol–water partition coefficient (Wildman–Crippen LogP) is 4.75. The Labute approximate surface area is 187 Å². The quantitative estimate of drug-likeness (QED) is 0.501. The van der Waals surface area contributed by atoms with Gasteiger partial charge in [-0.05, 0) is 60.4 Å². The first kappa shape index (κ1) is 20.5. The summed E-state index contributed by atoms with van der Waals surface area (Å²) in [7, 11) is -2.16. The highest BCUT2D eigenvalue weighted by Gasteiger charge is 2.39. The highest BCUT2D eigenvalue weighted by atomic mass is 32.2. The van der Waals surface area contributed by atoms with Crippen LogP contribution >= 0.6 is 0 Å². The van der Waals surface area contributed by atoms with Gasteiger partial charge in [-0.1, -0.05) is 30.4 Å². The van der Waals surface area contributed by atoms with Crippen LogP contribution in [0.25, 0.3) is 0 Å². The summed E-state index contributed by atoms with van der Waals surface area (Å²) in [6.45, 7) is 0. The van der Waals surface area contributed by atoms with Crippen LogP contribution < -0.4 is 9.62 Å². The Morgan fingerprint density at radius 1 is 0.969 bits per heavy atom. The van der Waals surface area contributed by atoms with E-state index in [1.54, 1.807) is 49.5 Å². The molecule has 3 aromatic carbocycles. The number of allylic oxidation sites excluding steroid dienone is 2. The molecule has 3 N–H and O–H groups in total. The van der Waals surface area contributed by atoms with E-state index in [-0.39, 0.29) is 34.3 Å². The molecule has 32 heavy (non-hydrogen) atoms. The number of rotatable bonds is 4. The van der Waals surface area contributed by atoms with E-state index in [1.165, 1.54) is 10.4 Å². The van der Waals surface area contributed by atoms with E-state index >= 15 is 0 Å². The minimum Gasteiger partial charge on any atom is -0.508 e. The van der Waals surface area contributed by atoms with Crippen LogP contribution in [0.3, 0.4) is 0 Å². The van der Waals surface area contributed by atoms with Crippen LogP contribution in [0, 0.1) is 5.92 Å². The molecule has 3 atom stereocenters. The van der Waals surface area contributed by atoms with Crippen molar-refractivity contribution < 1.29 is 18.6 Å². The van der Waals surface area contributed by atoms with Gasteiger partial charge in [-0.15, -0.1) is 0 Å². The maximum absolute atomic E-state index is 13.3. The number of aromatic hydroxyl groups is 2. The van der Waals surface area contributed by atoms with Gasteiger partial charge in [-0.3, -0.25) is 4.31 Å². The Hall–Kier alpha value is -3.45. The van der Waals surface area contributed by atoms with Crippen LogP contribution in [0.15, 0.2) is 83.8 Å². The molecule has 2 aliphatic rings. The lowest BCUT2D eigenvalue weighted by atomic mass is 9.77. The van der Waals surface area contributed by atoms with Crippen molar-refractivity contribution in [2.45, 2.75) is 23.3 Å². The van der Waals surface area contributed by atoms with E-state index in [9.17, 15) is 18.6 Å². The minimum atomic E-state index is -3.72. The number of phenolic OH excluding ortho intramolecular Hbond substituents is 2. The Bertz CT molecular complexity index is 1300. The monoisotopic (exact) mass is 448 g/mol. The first-order valence-electron chi connectivity index (χ1n) is 10.5. The molecule has 0 saturated heterocycles. The fourth-order valence-corrected chi connectivity index (χ4v) is 6.00. The van der Waals surface area contributed by atoms with Gasteiger partial charge in [0.05, 0.1) is 16.6 Å². The zero-order valence-corrected chi connectivity index (χ0v) is 18.3. The second-order valence-electron chi connectivity index (χ2n) is 8.28. The molecule has 1 aliphatic heterocycles. The number of hydrogen-bond acceptors (Lipinski definition) is 5. The van der Waals surface area contributed by atoms with Crippen molar-refractivity contribution in [1.29, 1.82) is 0 Å². The number of sulfonamides is 1. The first-order chi connectivity index (χ1) is 15.4. The number of benzene rings is 3. The van der Waals surface area contributed by atoms with Gasteiger partial charge in [0.1, 0.15) is 11.5 Å². The van der Waals surface area contributed by atoms with Crippen molar-refractivity contribution in [1.82, 2.24) is 0 Å². The van der Waals surface area contributed by atoms with Gasteiger partial charge < -0.3 is 15.5 Å². The summed E-state index contributed by atoms with van der Waals surface area (Å²) < 4.78 is 27.9. The van der Waals surface area contributed by atoms with Gasteiger partial charge in [-0.25, -0.2) is 8.42 Å². The summed E-state index contributed by atoms with van der Waals surface area (Å²) in [5.74, 6) is 0.214. The predicted molar refractivity (Wildman–Crippen MR) is 125 cm³/mol. The van der Waals surface area contributed by atoms with E-state index in [0.29, 0.717) is 11.3 Å². The molecule has 0 bridgehead atoms. The fraction of sp³-hybridized carbons (Fsp3) is 0.200. The highest BCUT2D eigenvalue weighted by molar-refractivity contribution is 7.92. The average Bonchev–Trinajstić information content (AvgIpc) is 3.29. The summed E-state index contributed by atoms with van der Waals surface area (Å²) in [6.07, 6.45) is 5.03. The standard InChI is InChI=1S/C25H24N2O4S/c1-27(16-6-3-2-4-7-16)32(30,31)18-11-13-23-22(15-18)19-8-5-9-20(19)25(26-23)21-12-10-17(28)14-24(21)29/h2-8,10-15,19-20,25-26,28-29H,9H2,1H3. The Morgan fingerprint density at radius 3 is 2.50 bits per heavy atom. The van der Waals surface area contributed by atoms with E-state index in [2.05, 4.69) is 17.5 Å². The number of fused-ring (bicyclic) bond motifs is 3. The highest BCUT2D eigenvalue weighted by Crippen LogP contribution is 2.51. The molecule has 0 radical (unpaired) electrons. The van der Waals surface area contributed by atoms with Crippen LogP contribution in [-0.4, -0.2) is 25.7 Å². The SMILES string of the molecule is CN(c1ccccc1)S(=O)(=O)c1ccc2c(c1)C1C=CCC1C(c1ccc(O)cc1O)N2. The van der Waals surface area contributed by atoms with Crippen molar-refractivity contribution in [3.05, 3.63) is 90.0 Å². The van der Waals surface area contributed by atoms with E-state index in [4.69, 9.17) is 0 Å². The molecule has 0 saturated carbocycles. The van der Waals surface area contributed by atoms with Crippen molar-refractivity contribution >= 4 is 21.4 Å². The van der Waals surface area contributed by atoms with E-state index < -0.39 is 10.0 Å². The molecule has 0 amide bonds. The number of nitrogens with zero attached hydrogens (tertiary/aromatic N) is 1. The Morgan fingerprint density at radius 2 is 1.75 bits per heavy atom. The topological polar surface area (TPSA) is 89.9 Å². The second kappa shape index (κ2) is 7.60.